The highest BCUT2D eigenvalue weighted by Crippen LogP contribution is 2.23. The molecule has 0 saturated carbocycles. The predicted molar refractivity (Wildman–Crippen MR) is 83.5 cm³/mol. The number of aromatic nitrogens is 3. The van der Waals surface area contributed by atoms with Gasteiger partial charge in [-0.15, -0.1) is 11.3 Å². The quantitative estimate of drug-likeness (QED) is 0.714. The summed E-state index contributed by atoms with van der Waals surface area (Å²) < 4.78 is 3.78. The number of fused-ring (bicyclic) bond motifs is 1. The predicted octanol–water partition coefficient (Wildman–Crippen LogP) is 1.84. The van der Waals surface area contributed by atoms with Crippen LogP contribution in [0.1, 0.15) is 22.3 Å². The lowest BCUT2D eigenvalue weighted by Crippen LogP contribution is -2.25. The highest BCUT2D eigenvalue weighted by molar-refractivity contribution is 7.15. The second-order valence-electron chi connectivity index (χ2n) is 4.63. The Bertz CT molecular complexity index is 843. The molecule has 0 radical (unpaired) electrons. The number of pyridine rings is 1. The zero-order chi connectivity index (χ0) is 15.7. The summed E-state index contributed by atoms with van der Waals surface area (Å²) in [6.45, 7) is 2.72. The van der Waals surface area contributed by atoms with E-state index in [-0.39, 0.29) is 17.5 Å². The molecule has 0 unspecified atom stereocenters. The Labute approximate surface area is 135 Å². The van der Waals surface area contributed by atoms with Crippen LogP contribution in [0.4, 0.5) is 0 Å². The highest BCUT2D eigenvalue weighted by Gasteiger charge is 2.30. The minimum atomic E-state index is -0.320. The second-order valence-corrected chi connectivity index (χ2v) is 6.32. The third-order valence-electron chi connectivity index (χ3n) is 3.22. The zero-order valence-corrected chi connectivity index (χ0v) is 13.4. The molecule has 0 spiro atoms. The number of carbonyl (C=O) groups excluding carboxylic acids is 1. The van der Waals surface area contributed by atoms with Gasteiger partial charge in [-0.05, 0) is 13.0 Å². The van der Waals surface area contributed by atoms with Crippen molar-refractivity contribution in [1.29, 1.82) is 0 Å². The van der Waals surface area contributed by atoms with Gasteiger partial charge >= 0.3 is 5.88 Å². The van der Waals surface area contributed by atoms with Gasteiger partial charge in [0.05, 0.1) is 11.1 Å². The third-order valence-corrected chi connectivity index (χ3v) is 4.32. The molecule has 0 fully saturated rings. The maximum Gasteiger partial charge on any atom is 0.341 e. The molecule has 0 atom stereocenters. The molecule has 3 aromatic heterocycles. The van der Waals surface area contributed by atoms with E-state index in [1.54, 1.807) is 27.4 Å². The van der Waals surface area contributed by atoms with Gasteiger partial charge in [0.25, 0.3) is 17.2 Å². The molecule has 3 rings (SSSR count). The van der Waals surface area contributed by atoms with Crippen molar-refractivity contribution in [2.24, 2.45) is 0 Å². The second kappa shape index (κ2) is 5.94. The largest absolute Gasteiger partial charge is 0.474 e. The fourth-order valence-electron chi connectivity index (χ4n) is 2.32. The van der Waals surface area contributed by atoms with Gasteiger partial charge in [0, 0.05) is 18.8 Å². The third kappa shape index (κ3) is 2.53. The molecule has 8 heteroatoms. The monoisotopic (exact) mass is 337 g/mol. The van der Waals surface area contributed by atoms with Gasteiger partial charge in [0.2, 0.25) is 0 Å². The van der Waals surface area contributed by atoms with Crippen LogP contribution in [0, 0.1) is 0 Å². The van der Waals surface area contributed by atoms with Crippen molar-refractivity contribution >= 4 is 34.5 Å². The standard InChI is InChI=1S/C14H13ClN4O2S/c1-2-16-12(20)11-13(21)18-6-4-3-5-10(18)19(11)8-9-7-17-14(15)22-9/h3-7H,2,8H2,1H3,(H-,16,20,21)/p+1. The molecular weight excluding hydrogens is 324 g/mol. The molecule has 0 aliphatic rings. The number of rotatable bonds is 4. The molecular formula is C14H14ClN4O2S+. The Morgan fingerprint density at radius 3 is 3.05 bits per heavy atom. The summed E-state index contributed by atoms with van der Waals surface area (Å²) in [6, 6.07) is 5.49. The summed E-state index contributed by atoms with van der Waals surface area (Å²) in [5.74, 6) is -0.406. The summed E-state index contributed by atoms with van der Waals surface area (Å²) in [7, 11) is 0. The molecule has 1 amide bonds. The van der Waals surface area contributed by atoms with E-state index in [0.29, 0.717) is 23.2 Å². The van der Waals surface area contributed by atoms with E-state index >= 15 is 0 Å². The summed E-state index contributed by atoms with van der Waals surface area (Å²) in [4.78, 5) is 17.2. The van der Waals surface area contributed by atoms with Crippen LogP contribution >= 0.6 is 22.9 Å². The van der Waals surface area contributed by atoms with Crippen molar-refractivity contribution in [2.75, 3.05) is 6.54 Å². The van der Waals surface area contributed by atoms with Gasteiger partial charge < -0.3 is 10.4 Å². The van der Waals surface area contributed by atoms with Gasteiger partial charge in [-0.25, -0.2) is 9.55 Å². The first-order chi connectivity index (χ1) is 10.6. The van der Waals surface area contributed by atoms with Crippen LogP contribution in [-0.4, -0.2) is 27.1 Å². The maximum atomic E-state index is 12.3. The van der Waals surface area contributed by atoms with Crippen molar-refractivity contribution in [3.05, 3.63) is 45.6 Å². The number of imidazole rings is 1. The van der Waals surface area contributed by atoms with Crippen LogP contribution in [0.3, 0.4) is 0 Å². The first-order valence-corrected chi connectivity index (χ1v) is 7.91. The van der Waals surface area contributed by atoms with Crippen LogP contribution < -0.4 is 9.72 Å². The molecule has 3 heterocycles. The number of hydrogen-bond acceptors (Lipinski definition) is 4. The van der Waals surface area contributed by atoms with Gasteiger partial charge in [-0.3, -0.25) is 4.79 Å². The lowest BCUT2D eigenvalue weighted by molar-refractivity contribution is -0.521. The molecule has 0 bridgehead atoms. The Hall–Kier alpha value is -2.12. The Morgan fingerprint density at radius 2 is 2.36 bits per heavy atom. The van der Waals surface area contributed by atoms with E-state index < -0.39 is 0 Å². The lowest BCUT2D eigenvalue weighted by Gasteiger charge is -2.01. The normalized spacial score (nSPS) is 11.0. The number of amides is 1. The maximum absolute atomic E-state index is 12.3. The molecule has 0 aliphatic heterocycles. The topological polar surface area (TPSA) is 71.2 Å². The van der Waals surface area contributed by atoms with Crippen LogP contribution in [-0.2, 0) is 6.54 Å². The van der Waals surface area contributed by atoms with Crippen molar-refractivity contribution in [1.82, 2.24) is 14.9 Å². The molecule has 0 aromatic carbocycles. The van der Waals surface area contributed by atoms with E-state index in [2.05, 4.69) is 10.3 Å². The van der Waals surface area contributed by atoms with Crippen molar-refractivity contribution in [2.45, 2.75) is 13.5 Å². The number of hydrogen-bond donors (Lipinski definition) is 2. The number of nitrogens with one attached hydrogen (secondary N) is 1. The molecule has 2 N–H and O–H groups in total. The molecule has 6 nitrogen and oxygen atoms in total. The SMILES string of the molecule is CCNC(=O)c1c(O)[n+]2ccccc2n1Cc1cnc(Cl)s1. The van der Waals surface area contributed by atoms with Crippen molar-refractivity contribution in [3.63, 3.8) is 0 Å². The first-order valence-electron chi connectivity index (χ1n) is 6.72. The summed E-state index contributed by atoms with van der Waals surface area (Å²) in [5, 5.41) is 13.1. The lowest BCUT2D eigenvalue weighted by atomic mass is 10.4. The summed E-state index contributed by atoms with van der Waals surface area (Å²) >= 11 is 7.21. The number of nitrogens with zero attached hydrogens (tertiary/aromatic N) is 3. The Kier molecular flexibility index (Phi) is 4.00. The van der Waals surface area contributed by atoms with Gasteiger partial charge in [-0.1, -0.05) is 17.7 Å². The molecule has 0 aliphatic carbocycles. The zero-order valence-electron chi connectivity index (χ0n) is 11.8. The number of carbonyl (C=O) groups is 1. The van der Waals surface area contributed by atoms with Crippen molar-refractivity contribution in [3.8, 4) is 5.88 Å². The summed E-state index contributed by atoms with van der Waals surface area (Å²) in [5.41, 5.74) is 0.934. The minimum absolute atomic E-state index is 0.0860. The van der Waals surface area contributed by atoms with E-state index in [1.807, 2.05) is 19.1 Å². The fourth-order valence-corrected chi connectivity index (χ4v) is 3.29. The smallest absolute Gasteiger partial charge is 0.341 e. The molecule has 114 valence electrons. The summed E-state index contributed by atoms with van der Waals surface area (Å²) in [6.07, 6.45) is 3.38. The van der Waals surface area contributed by atoms with Crippen LogP contribution in [0.25, 0.3) is 5.65 Å². The van der Waals surface area contributed by atoms with E-state index in [0.717, 1.165) is 4.88 Å². The van der Waals surface area contributed by atoms with E-state index in [1.165, 1.54) is 11.3 Å². The number of halogens is 1. The Morgan fingerprint density at radius 1 is 1.55 bits per heavy atom. The fraction of sp³-hybridized carbons (Fsp3) is 0.214. The van der Waals surface area contributed by atoms with E-state index in [4.69, 9.17) is 11.6 Å². The average molecular weight is 338 g/mol. The first kappa shape index (κ1) is 14.8. The van der Waals surface area contributed by atoms with Crippen molar-refractivity contribution < 1.29 is 14.3 Å². The van der Waals surface area contributed by atoms with Crippen LogP contribution in [0.2, 0.25) is 4.47 Å². The molecule has 3 aromatic rings. The van der Waals surface area contributed by atoms with Gasteiger partial charge in [0.1, 0.15) is 6.54 Å². The van der Waals surface area contributed by atoms with Crippen LogP contribution in [0.5, 0.6) is 5.88 Å². The minimum Gasteiger partial charge on any atom is -0.474 e. The highest BCUT2D eigenvalue weighted by atomic mass is 35.5. The van der Waals surface area contributed by atoms with Crippen LogP contribution in [0.15, 0.2) is 30.6 Å². The molecule has 0 saturated heterocycles. The average Bonchev–Trinajstić information content (AvgIpc) is 3.03. The Balaban J connectivity index is 2.16. The van der Waals surface area contributed by atoms with Gasteiger partial charge in [-0.2, -0.15) is 4.40 Å². The number of thiazole rings is 1. The van der Waals surface area contributed by atoms with E-state index in [9.17, 15) is 9.90 Å². The van der Waals surface area contributed by atoms with Gasteiger partial charge in [0.15, 0.2) is 4.47 Å². The number of aromatic hydroxyl groups is 1. The molecule has 22 heavy (non-hydrogen) atoms.